The van der Waals surface area contributed by atoms with Crippen LogP contribution in [0.4, 0.5) is 5.00 Å². The van der Waals surface area contributed by atoms with Gasteiger partial charge in [-0.15, -0.1) is 16.2 Å². The minimum Gasteiger partial charge on any atom is -0.462 e. The molecule has 15 heavy (non-hydrogen) atoms. The lowest BCUT2D eigenvalue weighted by Gasteiger charge is -2.02. The van der Waals surface area contributed by atoms with Crippen molar-refractivity contribution in [2.45, 2.75) is 20.8 Å². The molecule has 0 aromatic carbocycles. The Hall–Kier alpha value is -1.43. The van der Waals surface area contributed by atoms with Gasteiger partial charge in [-0.3, -0.25) is 0 Å². The van der Waals surface area contributed by atoms with Crippen molar-refractivity contribution in [1.82, 2.24) is 0 Å². The average Bonchev–Trinajstić information content (AvgIpc) is 2.44. The molecule has 0 amide bonds. The SMILES string of the molecule is CCOC(=O)c1c(NN=O)sc(C)c1C. The first-order valence-electron chi connectivity index (χ1n) is 4.47. The second-order valence-corrected chi connectivity index (χ2v) is 4.14. The summed E-state index contributed by atoms with van der Waals surface area (Å²) in [6.07, 6.45) is 0. The number of esters is 1. The highest BCUT2D eigenvalue weighted by Gasteiger charge is 2.20. The van der Waals surface area contributed by atoms with Crippen LogP contribution in [0.2, 0.25) is 0 Å². The minimum atomic E-state index is -0.425. The molecule has 0 unspecified atom stereocenters. The van der Waals surface area contributed by atoms with E-state index in [9.17, 15) is 9.70 Å². The fraction of sp³-hybridized carbons (Fsp3) is 0.444. The maximum absolute atomic E-state index is 11.6. The largest absolute Gasteiger partial charge is 0.462 e. The molecule has 5 nitrogen and oxygen atoms in total. The van der Waals surface area contributed by atoms with E-state index < -0.39 is 5.97 Å². The maximum atomic E-state index is 11.6. The summed E-state index contributed by atoms with van der Waals surface area (Å²) >= 11 is 1.31. The molecule has 1 aromatic rings. The third-order valence-corrected chi connectivity index (χ3v) is 3.12. The summed E-state index contributed by atoms with van der Waals surface area (Å²) in [7, 11) is 0. The van der Waals surface area contributed by atoms with Crippen molar-refractivity contribution in [3.05, 3.63) is 20.9 Å². The van der Waals surface area contributed by atoms with Gasteiger partial charge in [-0.05, 0) is 26.3 Å². The van der Waals surface area contributed by atoms with Gasteiger partial charge in [0.15, 0.2) is 0 Å². The summed E-state index contributed by atoms with van der Waals surface area (Å²) in [5.41, 5.74) is 3.49. The molecule has 1 heterocycles. The molecular weight excluding hydrogens is 216 g/mol. The van der Waals surface area contributed by atoms with Crippen LogP contribution < -0.4 is 5.43 Å². The first-order valence-corrected chi connectivity index (χ1v) is 5.28. The van der Waals surface area contributed by atoms with Crippen molar-refractivity contribution < 1.29 is 9.53 Å². The van der Waals surface area contributed by atoms with Crippen LogP contribution in [-0.2, 0) is 4.74 Å². The van der Waals surface area contributed by atoms with E-state index >= 15 is 0 Å². The molecule has 0 spiro atoms. The molecule has 0 bridgehead atoms. The number of nitrogens with zero attached hydrogens (tertiary/aromatic N) is 1. The highest BCUT2D eigenvalue weighted by Crippen LogP contribution is 2.32. The van der Waals surface area contributed by atoms with E-state index in [0.717, 1.165) is 10.4 Å². The van der Waals surface area contributed by atoms with Crippen molar-refractivity contribution in [3.63, 3.8) is 0 Å². The van der Waals surface area contributed by atoms with Crippen molar-refractivity contribution in [2.24, 2.45) is 5.29 Å². The van der Waals surface area contributed by atoms with Gasteiger partial charge >= 0.3 is 5.97 Å². The number of thiophene rings is 1. The number of nitroso groups, excluding NO2 is 1. The quantitative estimate of drug-likeness (QED) is 0.488. The molecule has 82 valence electrons. The normalized spacial score (nSPS) is 9.80. The van der Waals surface area contributed by atoms with Crippen molar-refractivity contribution in [3.8, 4) is 0 Å². The molecule has 1 rings (SSSR count). The fourth-order valence-corrected chi connectivity index (χ4v) is 2.18. The van der Waals surface area contributed by atoms with E-state index in [1.807, 2.05) is 13.8 Å². The number of aryl methyl sites for hydroxylation is 1. The third kappa shape index (κ3) is 2.33. The topological polar surface area (TPSA) is 67.8 Å². The Morgan fingerprint density at radius 2 is 2.20 bits per heavy atom. The van der Waals surface area contributed by atoms with Gasteiger partial charge in [-0.1, -0.05) is 0 Å². The zero-order chi connectivity index (χ0) is 11.4. The van der Waals surface area contributed by atoms with Crippen molar-refractivity contribution in [1.29, 1.82) is 0 Å². The zero-order valence-corrected chi connectivity index (χ0v) is 9.60. The Labute approximate surface area is 91.4 Å². The van der Waals surface area contributed by atoms with E-state index in [1.54, 1.807) is 6.92 Å². The lowest BCUT2D eigenvalue weighted by Crippen LogP contribution is -2.07. The summed E-state index contributed by atoms with van der Waals surface area (Å²) in [4.78, 5) is 22.7. The van der Waals surface area contributed by atoms with Gasteiger partial charge < -0.3 is 4.74 Å². The van der Waals surface area contributed by atoms with E-state index in [4.69, 9.17) is 4.74 Å². The zero-order valence-electron chi connectivity index (χ0n) is 8.79. The molecular formula is C9H12N2O3S. The van der Waals surface area contributed by atoms with Crippen LogP contribution in [0.15, 0.2) is 5.29 Å². The van der Waals surface area contributed by atoms with Crippen LogP contribution >= 0.6 is 11.3 Å². The number of hydrogen-bond acceptors (Lipinski definition) is 5. The highest BCUT2D eigenvalue weighted by atomic mass is 32.1. The van der Waals surface area contributed by atoms with E-state index in [0.29, 0.717) is 17.2 Å². The van der Waals surface area contributed by atoms with Crippen molar-refractivity contribution >= 4 is 22.3 Å². The molecule has 1 aromatic heterocycles. The number of anilines is 1. The summed E-state index contributed by atoms with van der Waals surface area (Å²) in [6, 6.07) is 0. The van der Waals surface area contributed by atoms with Crippen LogP contribution in [-0.4, -0.2) is 12.6 Å². The van der Waals surface area contributed by atoms with Crippen LogP contribution in [0, 0.1) is 18.8 Å². The Kier molecular flexibility index (Phi) is 3.79. The predicted octanol–water partition coefficient (Wildman–Crippen LogP) is 2.63. The molecule has 6 heteroatoms. The lowest BCUT2D eigenvalue weighted by atomic mass is 10.1. The third-order valence-electron chi connectivity index (χ3n) is 2.01. The molecule has 0 aliphatic carbocycles. The van der Waals surface area contributed by atoms with Crippen LogP contribution in [0.25, 0.3) is 0 Å². The average molecular weight is 228 g/mol. The molecule has 0 saturated carbocycles. The van der Waals surface area contributed by atoms with Gasteiger partial charge in [0.05, 0.1) is 17.5 Å². The second-order valence-electron chi connectivity index (χ2n) is 2.91. The molecule has 0 atom stereocenters. The highest BCUT2D eigenvalue weighted by molar-refractivity contribution is 7.16. The number of carbonyl (C=O) groups is 1. The first-order chi connectivity index (χ1) is 7.11. The number of rotatable bonds is 4. The monoisotopic (exact) mass is 228 g/mol. The molecule has 0 fully saturated rings. The Bertz CT molecular complexity index is 387. The number of hydrogen-bond donors (Lipinski definition) is 1. The van der Waals surface area contributed by atoms with Crippen LogP contribution in [0.1, 0.15) is 27.7 Å². The van der Waals surface area contributed by atoms with E-state index in [1.165, 1.54) is 11.3 Å². The first kappa shape index (κ1) is 11.6. The molecule has 0 aliphatic heterocycles. The fourth-order valence-electron chi connectivity index (χ4n) is 1.20. The summed E-state index contributed by atoms with van der Waals surface area (Å²) < 4.78 is 4.89. The smallest absolute Gasteiger partial charge is 0.341 e. The summed E-state index contributed by atoms with van der Waals surface area (Å²) in [6.45, 7) is 5.73. The minimum absolute atomic E-state index is 0.307. The molecule has 0 aliphatic rings. The predicted molar refractivity (Wildman–Crippen MR) is 59.2 cm³/mol. The van der Waals surface area contributed by atoms with Gasteiger partial charge in [0, 0.05) is 4.88 Å². The van der Waals surface area contributed by atoms with Gasteiger partial charge in [-0.25, -0.2) is 10.2 Å². The van der Waals surface area contributed by atoms with E-state index in [2.05, 4.69) is 10.7 Å². The molecule has 0 radical (unpaired) electrons. The van der Waals surface area contributed by atoms with Crippen LogP contribution in [0.3, 0.4) is 0 Å². The van der Waals surface area contributed by atoms with E-state index in [-0.39, 0.29) is 0 Å². The van der Waals surface area contributed by atoms with Gasteiger partial charge in [0.1, 0.15) is 5.00 Å². The number of carbonyl (C=O) groups excluding carboxylic acids is 1. The van der Waals surface area contributed by atoms with Crippen molar-refractivity contribution in [2.75, 3.05) is 12.0 Å². The van der Waals surface area contributed by atoms with Crippen LogP contribution in [0.5, 0.6) is 0 Å². The molecule has 0 saturated heterocycles. The Morgan fingerprint density at radius 1 is 1.53 bits per heavy atom. The Balaban J connectivity index is 3.12. The lowest BCUT2D eigenvalue weighted by molar-refractivity contribution is 0.0527. The Morgan fingerprint density at radius 3 is 2.73 bits per heavy atom. The van der Waals surface area contributed by atoms with Gasteiger partial charge in [0.2, 0.25) is 0 Å². The summed E-state index contributed by atoms with van der Waals surface area (Å²) in [5.74, 6) is -0.425. The second kappa shape index (κ2) is 4.88. The number of nitrogens with one attached hydrogen (secondary N) is 1. The number of ether oxygens (including phenoxy) is 1. The molecule has 1 N–H and O–H groups in total. The summed E-state index contributed by atoms with van der Waals surface area (Å²) in [5, 5.41) is 3.01. The van der Waals surface area contributed by atoms with Gasteiger partial charge in [0.25, 0.3) is 0 Å². The van der Waals surface area contributed by atoms with Gasteiger partial charge in [-0.2, -0.15) is 0 Å². The standard InChI is InChI=1S/C9H12N2O3S/c1-4-14-9(12)7-5(2)6(3)15-8(7)10-11-13/h4H2,1-3H3,(H,10,13). The maximum Gasteiger partial charge on any atom is 0.341 e.